The van der Waals surface area contributed by atoms with Crippen LogP contribution in [0.5, 0.6) is 17.2 Å². The van der Waals surface area contributed by atoms with Gasteiger partial charge in [-0.05, 0) is 65.0 Å². The summed E-state index contributed by atoms with van der Waals surface area (Å²) in [7, 11) is 4.85. The standard InChI is InChI=1S/C42H53NO16/c1-8-42(52)16-27(31-20(35(42)41(51)53-7)13-21-32(37(31)49)38(50)34-25(46)10-9-24(45)33(34)36(21)48)57-29-14-22(43(5)6)39(18(3)55-29)59-30-15-26(47)40(19(4)56-30)58-28-12-11-23(44)17(2)54-28/h9-10,13,17-19,22,26-30,35,39-40,45-47,49,52H,8,11-12,14-16H2,1-7H3/t17-,18-,19-,22+,26+,27-,28-,29-,30-,35-,39-,40-,42+/m0/s1. The minimum atomic E-state index is -1.81. The molecule has 0 bridgehead atoms. The van der Waals surface area contributed by atoms with Crippen LogP contribution in [0.2, 0.25) is 0 Å². The number of carbonyl (C=O) groups excluding carboxylic acids is 4. The van der Waals surface area contributed by atoms with Crippen LogP contribution in [-0.4, -0.2) is 142 Å². The number of nitrogens with zero attached hydrogens (tertiary/aromatic N) is 1. The zero-order valence-electron chi connectivity index (χ0n) is 34.1. The van der Waals surface area contributed by atoms with Crippen molar-refractivity contribution in [3.8, 4) is 17.2 Å². The molecule has 0 aromatic heterocycles. The lowest BCUT2D eigenvalue weighted by Gasteiger charge is -2.48. The van der Waals surface area contributed by atoms with Crippen molar-refractivity contribution in [1.29, 1.82) is 0 Å². The maximum absolute atomic E-state index is 14.0. The molecule has 17 nitrogen and oxygen atoms in total. The number of hydrogen-bond donors (Lipinski definition) is 5. The van der Waals surface area contributed by atoms with Gasteiger partial charge in [0.2, 0.25) is 5.78 Å². The van der Waals surface area contributed by atoms with Crippen molar-refractivity contribution < 1.29 is 77.9 Å². The molecular weight excluding hydrogens is 774 g/mol. The number of rotatable bonds is 9. The molecule has 59 heavy (non-hydrogen) atoms. The van der Waals surface area contributed by atoms with E-state index in [2.05, 4.69) is 0 Å². The molecule has 3 heterocycles. The molecule has 322 valence electrons. The SMILES string of the molecule is CC[C@@]1(O)C[C@H](O[C@H]2C[C@@H](N(C)C)[C@@H](O[C@H]3C[C@@H](O)[C@@H](O[C@H]4CCC(=O)[C@H](C)O4)[C@H](C)O3)[C@H](C)O2)c2c(cc3c(c2O)C(=O)c2c(O)ccc(O)c2C3=O)[C@H]1C(=O)OC. The average Bonchev–Trinajstić information content (AvgIpc) is 3.17. The van der Waals surface area contributed by atoms with Crippen molar-refractivity contribution in [3.05, 3.63) is 51.6 Å². The van der Waals surface area contributed by atoms with Crippen LogP contribution in [0.1, 0.15) is 121 Å². The maximum atomic E-state index is 14.0. The van der Waals surface area contributed by atoms with Gasteiger partial charge < -0.3 is 63.6 Å². The van der Waals surface area contributed by atoms with E-state index in [1.165, 1.54) is 6.07 Å². The molecule has 5 N–H and O–H groups in total. The highest BCUT2D eigenvalue weighted by molar-refractivity contribution is 6.31. The molecule has 2 aliphatic carbocycles. The monoisotopic (exact) mass is 827 g/mol. The van der Waals surface area contributed by atoms with Gasteiger partial charge in [0.1, 0.15) is 41.5 Å². The Morgan fingerprint density at radius 3 is 2.07 bits per heavy atom. The predicted octanol–water partition coefficient (Wildman–Crippen LogP) is 2.86. The Morgan fingerprint density at radius 2 is 1.47 bits per heavy atom. The first-order valence-corrected chi connectivity index (χ1v) is 20.0. The second-order valence-corrected chi connectivity index (χ2v) is 16.4. The van der Waals surface area contributed by atoms with Crippen molar-refractivity contribution >= 4 is 23.3 Å². The highest BCUT2D eigenvalue weighted by Gasteiger charge is 2.54. The summed E-state index contributed by atoms with van der Waals surface area (Å²) in [6.07, 6.45) is -6.99. The molecule has 3 saturated heterocycles. The van der Waals surface area contributed by atoms with Crippen LogP contribution >= 0.6 is 0 Å². The van der Waals surface area contributed by atoms with Crippen molar-refractivity contribution in [3.63, 3.8) is 0 Å². The van der Waals surface area contributed by atoms with Crippen molar-refractivity contribution in [2.75, 3.05) is 21.2 Å². The molecule has 0 saturated carbocycles. The van der Waals surface area contributed by atoms with E-state index in [1.807, 2.05) is 19.0 Å². The number of fused-ring (bicyclic) bond motifs is 3. The van der Waals surface area contributed by atoms with Crippen LogP contribution in [0.25, 0.3) is 0 Å². The van der Waals surface area contributed by atoms with Gasteiger partial charge in [-0.1, -0.05) is 6.92 Å². The summed E-state index contributed by atoms with van der Waals surface area (Å²) >= 11 is 0. The summed E-state index contributed by atoms with van der Waals surface area (Å²) in [5, 5.41) is 56.5. The molecule has 3 fully saturated rings. The second-order valence-electron chi connectivity index (χ2n) is 16.4. The first-order valence-electron chi connectivity index (χ1n) is 20.0. The minimum absolute atomic E-state index is 0.00116. The smallest absolute Gasteiger partial charge is 0.316 e. The minimum Gasteiger partial charge on any atom is -0.507 e. The molecule has 5 aliphatic rings. The quantitative estimate of drug-likeness (QED) is 0.154. The van der Waals surface area contributed by atoms with E-state index in [9.17, 15) is 44.7 Å². The zero-order valence-corrected chi connectivity index (χ0v) is 34.1. The van der Waals surface area contributed by atoms with E-state index in [0.717, 1.165) is 19.2 Å². The molecule has 2 aromatic rings. The number of aromatic hydroxyl groups is 3. The predicted molar refractivity (Wildman–Crippen MR) is 203 cm³/mol. The van der Waals surface area contributed by atoms with E-state index < -0.39 is 125 Å². The summed E-state index contributed by atoms with van der Waals surface area (Å²) in [5.41, 5.74) is -3.58. The lowest BCUT2D eigenvalue weighted by molar-refractivity contribution is -0.324. The van der Waals surface area contributed by atoms with E-state index >= 15 is 0 Å². The molecular formula is C42H53NO16. The third-order valence-corrected chi connectivity index (χ3v) is 12.5. The lowest BCUT2D eigenvalue weighted by Crippen LogP contribution is -2.58. The van der Waals surface area contributed by atoms with Gasteiger partial charge in [0.15, 0.2) is 30.4 Å². The Kier molecular flexibility index (Phi) is 12.0. The lowest BCUT2D eigenvalue weighted by atomic mass is 9.67. The van der Waals surface area contributed by atoms with Gasteiger partial charge in [0.05, 0.1) is 53.8 Å². The fraction of sp³-hybridized carbons (Fsp3) is 0.619. The zero-order chi connectivity index (χ0) is 42.8. The Labute approximate surface area is 341 Å². The topological polar surface area (TPSA) is 237 Å². The number of aliphatic hydroxyl groups excluding tert-OH is 1. The largest absolute Gasteiger partial charge is 0.507 e. The van der Waals surface area contributed by atoms with Crippen LogP contribution in [0.4, 0.5) is 0 Å². The second kappa shape index (κ2) is 16.4. The molecule has 2 aromatic carbocycles. The number of hydrogen-bond acceptors (Lipinski definition) is 17. The molecule has 17 heteroatoms. The van der Waals surface area contributed by atoms with Gasteiger partial charge in [-0.2, -0.15) is 0 Å². The van der Waals surface area contributed by atoms with Crippen LogP contribution < -0.4 is 0 Å². The first kappa shape index (κ1) is 43.1. The average molecular weight is 828 g/mol. The van der Waals surface area contributed by atoms with Gasteiger partial charge in [0, 0.05) is 49.3 Å². The maximum Gasteiger partial charge on any atom is 0.316 e. The molecule has 3 aliphatic heterocycles. The summed E-state index contributed by atoms with van der Waals surface area (Å²) in [4.78, 5) is 55.1. The Morgan fingerprint density at radius 1 is 0.864 bits per heavy atom. The fourth-order valence-electron chi connectivity index (χ4n) is 9.33. The third kappa shape index (κ3) is 7.65. The summed E-state index contributed by atoms with van der Waals surface area (Å²) < 4.78 is 42.6. The number of benzene rings is 2. The Hall–Kier alpha value is -4.04. The fourth-order valence-corrected chi connectivity index (χ4v) is 9.33. The van der Waals surface area contributed by atoms with E-state index in [-0.39, 0.29) is 54.2 Å². The molecule has 0 amide bonds. The van der Waals surface area contributed by atoms with Crippen LogP contribution in [0.15, 0.2) is 18.2 Å². The number of phenolic OH excluding ortho intramolecular Hbond substituents is 3. The number of carbonyl (C=O) groups is 4. The van der Waals surface area contributed by atoms with Gasteiger partial charge in [-0.3, -0.25) is 19.2 Å². The molecule has 0 radical (unpaired) electrons. The van der Waals surface area contributed by atoms with E-state index in [1.54, 1.807) is 27.7 Å². The number of ketones is 3. The highest BCUT2D eigenvalue weighted by atomic mass is 16.7. The number of esters is 1. The summed E-state index contributed by atoms with van der Waals surface area (Å²) in [6.45, 7) is 6.89. The number of methoxy groups -OCH3 is 1. The van der Waals surface area contributed by atoms with Crippen LogP contribution in [0, 0.1) is 0 Å². The Balaban J connectivity index is 1.14. The van der Waals surface area contributed by atoms with Gasteiger partial charge in [-0.25, -0.2) is 0 Å². The van der Waals surface area contributed by atoms with Crippen molar-refractivity contribution in [1.82, 2.24) is 4.90 Å². The van der Waals surface area contributed by atoms with Crippen LogP contribution in [0.3, 0.4) is 0 Å². The Bertz CT molecular complexity index is 1990. The summed E-state index contributed by atoms with van der Waals surface area (Å²) in [5.74, 6) is -5.90. The van der Waals surface area contributed by atoms with Gasteiger partial charge in [0.25, 0.3) is 0 Å². The normalized spacial score (nSPS) is 35.9. The number of Topliss-reactive ketones (excluding diaryl/α,β-unsaturated/α-hetero) is 1. The van der Waals surface area contributed by atoms with E-state index in [4.69, 9.17) is 33.2 Å². The van der Waals surface area contributed by atoms with Crippen LogP contribution in [-0.2, 0) is 42.7 Å². The van der Waals surface area contributed by atoms with Crippen molar-refractivity contribution in [2.24, 2.45) is 0 Å². The number of likely N-dealkylation sites (N-methyl/N-ethyl adjacent to an activating group) is 1. The van der Waals surface area contributed by atoms with Crippen molar-refractivity contribution in [2.45, 2.75) is 145 Å². The molecule has 7 rings (SSSR count). The number of phenols is 3. The highest BCUT2D eigenvalue weighted by Crippen LogP contribution is 2.54. The molecule has 0 unspecified atom stereocenters. The summed E-state index contributed by atoms with van der Waals surface area (Å²) in [6, 6.07) is 3.01. The van der Waals surface area contributed by atoms with Gasteiger partial charge in [-0.15, -0.1) is 0 Å². The third-order valence-electron chi connectivity index (χ3n) is 12.5. The number of ether oxygens (including phenoxy) is 7. The molecule has 13 atom stereocenters. The first-order chi connectivity index (χ1) is 27.9. The number of aliphatic hydroxyl groups is 2. The van der Waals surface area contributed by atoms with E-state index in [0.29, 0.717) is 12.8 Å². The molecule has 0 spiro atoms. The van der Waals surface area contributed by atoms with Gasteiger partial charge >= 0.3 is 5.97 Å².